The van der Waals surface area contributed by atoms with Gasteiger partial charge in [0, 0.05) is 54.2 Å². The molecule has 12 heteroatoms. The van der Waals surface area contributed by atoms with Crippen LogP contribution in [0.15, 0.2) is 108 Å². The predicted molar refractivity (Wildman–Crippen MR) is 202 cm³/mol. The number of amides is 1. The van der Waals surface area contributed by atoms with Gasteiger partial charge in [-0.15, -0.1) is 0 Å². The number of nitrogens with zero attached hydrogens (tertiary/aromatic N) is 6. The molecule has 6 rings (SSSR count). The predicted octanol–water partition coefficient (Wildman–Crippen LogP) is 7.14. The molecule has 3 aromatic carbocycles. The van der Waals surface area contributed by atoms with Crippen molar-refractivity contribution < 1.29 is 18.3 Å². The average molecular weight is 706 g/mol. The molecule has 0 atom stereocenters. The van der Waals surface area contributed by atoms with Crippen molar-refractivity contribution in [1.29, 1.82) is 0 Å². The lowest BCUT2D eigenvalue weighted by atomic mass is 9.96. The Kier molecular flexibility index (Phi) is 9.74. The van der Waals surface area contributed by atoms with E-state index in [0.29, 0.717) is 35.6 Å². The van der Waals surface area contributed by atoms with E-state index in [1.807, 2.05) is 89.6 Å². The second-order valence-corrected chi connectivity index (χ2v) is 16.0. The minimum absolute atomic E-state index is 0.147. The van der Waals surface area contributed by atoms with Gasteiger partial charge in [0.25, 0.3) is 10.0 Å². The number of hydrogen-bond donors (Lipinski definition) is 2. The van der Waals surface area contributed by atoms with Gasteiger partial charge in [0.15, 0.2) is 5.65 Å². The van der Waals surface area contributed by atoms with Crippen molar-refractivity contribution in [2.45, 2.75) is 38.8 Å². The zero-order valence-corrected chi connectivity index (χ0v) is 30.3. The summed E-state index contributed by atoms with van der Waals surface area (Å²) in [6.07, 6.45) is 2.50. The molecule has 0 fully saturated rings. The highest BCUT2D eigenvalue weighted by Gasteiger charge is 2.27. The van der Waals surface area contributed by atoms with E-state index >= 15 is 0 Å². The molecule has 0 spiro atoms. The largest absolute Gasteiger partial charge is 0.465 e. The molecule has 0 aliphatic carbocycles. The Labute approximate surface area is 298 Å². The van der Waals surface area contributed by atoms with Crippen LogP contribution in [-0.4, -0.2) is 75.3 Å². The highest BCUT2D eigenvalue weighted by molar-refractivity contribution is 7.90. The fourth-order valence-electron chi connectivity index (χ4n) is 6.22. The van der Waals surface area contributed by atoms with Crippen LogP contribution in [0.5, 0.6) is 0 Å². The number of carboxylic acid groups (broad SMARTS) is 1. The topological polar surface area (TPSA) is 140 Å². The zero-order valence-electron chi connectivity index (χ0n) is 29.5. The summed E-state index contributed by atoms with van der Waals surface area (Å²) in [4.78, 5) is 20.4. The van der Waals surface area contributed by atoms with Crippen molar-refractivity contribution in [2.24, 2.45) is 5.41 Å². The van der Waals surface area contributed by atoms with E-state index in [9.17, 15) is 18.3 Å². The summed E-state index contributed by atoms with van der Waals surface area (Å²) in [6.45, 7) is 7.66. The second-order valence-electron chi connectivity index (χ2n) is 14.2. The Bertz CT molecular complexity index is 2270. The third-order valence-electron chi connectivity index (χ3n) is 8.46. The fraction of sp³-hybridized carbons (Fsp3) is 0.256. The third-order valence-corrected chi connectivity index (χ3v) is 10.2. The summed E-state index contributed by atoms with van der Waals surface area (Å²) in [5.41, 5.74) is 11.9. The number of hydrogen-bond acceptors (Lipinski definition) is 7. The first-order valence-corrected chi connectivity index (χ1v) is 18.1. The molecular weight excluding hydrogens is 663 g/mol. The van der Waals surface area contributed by atoms with Crippen molar-refractivity contribution in [3.8, 4) is 33.6 Å². The number of fused-ring (bicyclic) bond motifs is 1. The molecule has 3 N–H and O–H groups in total. The van der Waals surface area contributed by atoms with Gasteiger partial charge in [-0.1, -0.05) is 75.4 Å². The van der Waals surface area contributed by atoms with Crippen LogP contribution in [0, 0.1) is 5.41 Å². The van der Waals surface area contributed by atoms with Crippen LogP contribution in [-0.2, 0) is 23.1 Å². The minimum atomic E-state index is -4.08. The molecular formula is C39H43N7O4S. The Morgan fingerprint density at radius 2 is 1.57 bits per heavy atom. The maximum Gasteiger partial charge on any atom is 0.407 e. The lowest BCUT2D eigenvalue weighted by Gasteiger charge is -2.27. The van der Waals surface area contributed by atoms with Crippen molar-refractivity contribution in [1.82, 2.24) is 28.5 Å². The standard InChI is InChI=1S/C39H43N7O4S/c1-39(2,3)26-44(38(47)48)21-22-45-25-34(36(42-45)29-15-17-30(40)18-16-29)32-19-20-41-37-33(32)23-35(28-13-11-27(12-14-28)24-43(4)5)46(37)51(49,50)31-9-7-6-8-10-31/h6-20,23,25H,21-22,24,26,40H2,1-5H3,(H,47,48). The first kappa shape index (κ1) is 35.4. The van der Waals surface area contributed by atoms with Crippen LogP contribution in [0.2, 0.25) is 0 Å². The van der Waals surface area contributed by atoms with E-state index in [0.717, 1.165) is 34.4 Å². The van der Waals surface area contributed by atoms with Gasteiger partial charge in [0.05, 0.1) is 17.1 Å². The molecule has 3 heterocycles. The zero-order chi connectivity index (χ0) is 36.5. The molecule has 0 aliphatic rings. The number of nitrogens with two attached hydrogens (primary N) is 1. The van der Waals surface area contributed by atoms with Crippen molar-refractivity contribution in [3.05, 3.63) is 109 Å². The molecule has 1 amide bonds. The van der Waals surface area contributed by atoms with Crippen molar-refractivity contribution in [2.75, 3.05) is 32.9 Å². The Morgan fingerprint density at radius 3 is 2.20 bits per heavy atom. The summed E-state index contributed by atoms with van der Waals surface area (Å²) in [5.74, 6) is 0. The van der Waals surface area contributed by atoms with Gasteiger partial charge in [0.1, 0.15) is 5.69 Å². The van der Waals surface area contributed by atoms with Crippen molar-refractivity contribution in [3.63, 3.8) is 0 Å². The maximum absolute atomic E-state index is 14.4. The first-order valence-electron chi connectivity index (χ1n) is 16.7. The SMILES string of the molecule is CN(C)Cc1ccc(-c2cc3c(-c4cn(CCN(CC(C)(C)C)C(=O)O)nc4-c4ccc(N)cc4)ccnc3n2S(=O)(=O)c2ccccc2)cc1. The number of pyridine rings is 1. The third kappa shape index (κ3) is 7.67. The van der Waals surface area contributed by atoms with Crippen LogP contribution in [0.1, 0.15) is 26.3 Å². The van der Waals surface area contributed by atoms with Crippen LogP contribution < -0.4 is 5.73 Å². The number of benzene rings is 3. The lowest BCUT2D eigenvalue weighted by Crippen LogP contribution is -2.38. The quantitative estimate of drug-likeness (QED) is 0.136. The molecule has 264 valence electrons. The summed E-state index contributed by atoms with van der Waals surface area (Å²) >= 11 is 0. The first-order chi connectivity index (χ1) is 24.2. The van der Waals surface area contributed by atoms with Gasteiger partial charge in [-0.25, -0.2) is 22.2 Å². The lowest BCUT2D eigenvalue weighted by molar-refractivity contribution is 0.123. The summed E-state index contributed by atoms with van der Waals surface area (Å²) in [6, 6.07) is 27.3. The summed E-state index contributed by atoms with van der Waals surface area (Å²) in [7, 11) is -0.0817. The van der Waals surface area contributed by atoms with E-state index in [-0.39, 0.29) is 22.5 Å². The molecule has 11 nitrogen and oxygen atoms in total. The molecule has 0 saturated carbocycles. The van der Waals surface area contributed by atoms with Crippen LogP contribution in [0.25, 0.3) is 44.7 Å². The van der Waals surface area contributed by atoms with Gasteiger partial charge < -0.3 is 20.6 Å². The number of nitrogen functional groups attached to an aromatic ring is 1. The van der Waals surface area contributed by atoms with E-state index in [1.54, 1.807) is 53.3 Å². The fourth-order valence-corrected chi connectivity index (χ4v) is 7.73. The molecule has 6 aromatic rings. The summed E-state index contributed by atoms with van der Waals surface area (Å²) < 4.78 is 31.9. The van der Waals surface area contributed by atoms with Crippen LogP contribution >= 0.6 is 0 Å². The van der Waals surface area contributed by atoms with E-state index in [2.05, 4.69) is 9.88 Å². The van der Waals surface area contributed by atoms with Crippen LogP contribution in [0.4, 0.5) is 10.5 Å². The normalized spacial score (nSPS) is 12.1. The smallest absolute Gasteiger partial charge is 0.407 e. The number of carbonyl (C=O) groups is 1. The van der Waals surface area contributed by atoms with Gasteiger partial charge >= 0.3 is 6.09 Å². The van der Waals surface area contributed by atoms with E-state index in [4.69, 9.17) is 10.8 Å². The average Bonchev–Trinajstić information content (AvgIpc) is 3.69. The van der Waals surface area contributed by atoms with Gasteiger partial charge in [-0.3, -0.25) is 4.68 Å². The van der Waals surface area contributed by atoms with E-state index < -0.39 is 16.1 Å². The Hall–Kier alpha value is -5.46. The number of aromatic nitrogens is 4. The van der Waals surface area contributed by atoms with E-state index in [1.165, 1.54) is 8.87 Å². The van der Waals surface area contributed by atoms with Gasteiger partial charge in [0.2, 0.25) is 0 Å². The molecule has 0 aliphatic heterocycles. The molecule has 0 bridgehead atoms. The summed E-state index contributed by atoms with van der Waals surface area (Å²) in [5, 5.41) is 15.5. The molecule has 0 saturated heterocycles. The van der Waals surface area contributed by atoms with Gasteiger partial charge in [-0.2, -0.15) is 5.10 Å². The van der Waals surface area contributed by atoms with Crippen LogP contribution in [0.3, 0.4) is 0 Å². The highest BCUT2D eigenvalue weighted by Crippen LogP contribution is 2.39. The van der Waals surface area contributed by atoms with Gasteiger partial charge in [-0.05, 0) is 72.6 Å². The molecule has 3 aromatic heterocycles. The van der Waals surface area contributed by atoms with Crippen molar-refractivity contribution >= 4 is 32.8 Å². The number of rotatable bonds is 11. The maximum atomic E-state index is 14.4. The molecule has 0 radical (unpaired) electrons. The Balaban J connectivity index is 1.54. The highest BCUT2D eigenvalue weighted by atomic mass is 32.2. The number of anilines is 1. The second kappa shape index (κ2) is 14.0. The minimum Gasteiger partial charge on any atom is -0.465 e. The molecule has 51 heavy (non-hydrogen) atoms. The Morgan fingerprint density at radius 1 is 0.902 bits per heavy atom. The monoisotopic (exact) mass is 705 g/mol. The molecule has 0 unspecified atom stereocenters.